The number of aromatic nitrogens is 3. The number of benzene rings is 7. The Hall–Kier alpha value is -7.28. The van der Waals surface area contributed by atoms with Gasteiger partial charge in [-0.25, -0.2) is 4.98 Å². The lowest BCUT2D eigenvalue weighted by Crippen LogP contribution is -2.17. The molecule has 4 aromatic heterocycles. The van der Waals surface area contributed by atoms with Gasteiger partial charge in [0.2, 0.25) is 0 Å². The lowest BCUT2D eigenvalue weighted by atomic mass is 9.79. The highest BCUT2D eigenvalue weighted by molar-refractivity contribution is 7.25. The van der Waals surface area contributed by atoms with E-state index in [1.165, 1.54) is 0 Å². The summed E-state index contributed by atoms with van der Waals surface area (Å²) in [5.74, 6) is 0.904. The van der Waals surface area contributed by atoms with Crippen LogP contribution < -0.4 is 0 Å². The Bertz CT molecular complexity index is 3570. The standard InChI is InChI=1S/C58H47N3O2S/c1-57(2,3)41-33-44(54(62)45(34-41)58(4,5)6)55-60-53-48(61(55)47-24-22-38(35-16-10-7-11-17-35)30-42(47)37-20-14-9-15-21-37)25-26-49-52(53)51-43-31-40(23-27-50(43)64-56(51)63-49)46-32-39(28-29-59-46)36-18-12-8-13-19-36/h7-34,62H,1-6H3. The Balaban J connectivity index is 1.22. The van der Waals surface area contributed by atoms with E-state index in [4.69, 9.17) is 14.4 Å². The van der Waals surface area contributed by atoms with Crippen LogP contribution >= 0.6 is 11.3 Å². The number of pyridine rings is 1. The molecule has 0 aliphatic heterocycles. The fourth-order valence-corrected chi connectivity index (χ4v) is 10.2. The maximum absolute atomic E-state index is 12.6. The monoisotopic (exact) mass is 849 g/mol. The van der Waals surface area contributed by atoms with Crippen molar-refractivity contribution >= 4 is 53.7 Å². The molecule has 0 spiro atoms. The molecule has 0 saturated carbocycles. The number of furan rings is 1. The van der Waals surface area contributed by atoms with Gasteiger partial charge in [-0.3, -0.25) is 9.55 Å². The molecule has 0 amide bonds. The highest BCUT2D eigenvalue weighted by Gasteiger charge is 2.30. The summed E-state index contributed by atoms with van der Waals surface area (Å²) < 4.78 is 10.1. The first kappa shape index (κ1) is 39.6. The van der Waals surface area contributed by atoms with E-state index in [1.54, 1.807) is 11.3 Å². The quantitative estimate of drug-likeness (QED) is 0.181. The average Bonchev–Trinajstić information content (AvgIpc) is 3.98. The zero-order valence-electron chi connectivity index (χ0n) is 36.8. The minimum absolute atomic E-state index is 0.196. The van der Waals surface area contributed by atoms with Crippen LogP contribution in [0.4, 0.5) is 0 Å². The number of nitrogens with zero attached hydrogens (tertiary/aromatic N) is 3. The molecule has 64 heavy (non-hydrogen) atoms. The molecule has 11 aromatic rings. The largest absolute Gasteiger partial charge is 0.507 e. The van der Waals surface area contributed by atoms with Gasteiger partial charge in [0.1, 0.15) is 22.7 Å². The second-order valence-electron chi connectivity index (χ2n) is 18.8. The molecule has 0 saturated heterocycles. The van der Waals surface area contributed by atoms with Crippen LogP contribution in [0.5, 0.6) is 5.75 Å². The number of phenolic OH excluding ortho intramolecular Hbond substituents is 1. The van der Waals surface area contributed by atoms with Crippen LogP contribution in [-0.2, 0) is 10.8 Å². The van der Waals surface area contributed by atoms with Gasteiger partial charge >= 0.3 is 0 Å². The zero-order chi connectivity index (χ0) is 43.9. The van der Waals surface area contributed by atoms with Crippen molar-refractivity contribution in [3.8, 4) is 67.5 Å². The number of fused-ring (bicyclic) bond motifs is 7. The van der Waals surface area contributed by atoms with E-state index >= 15 is 0 Å². The minimum Gasteiger partial charge on any atom is -0.507 e. The van der Waals surface area contributed by atoms with Crippen molar-refractivity contribution < 1.29 is 9.52 Å². The third-order valence-electron chi connectivity index (χ3n) is 12.5. The highest BCUT2D eigenvalue weighted by atomic mass is 32.1. The Morgan fingerprint density at radius 3 is 1.89 bits per heavy atom. The number of thiophene rings is 1. The molecular weight excluding hydrogens is 803 g/mol. The van der Waals surface area contributed by atoms with E-state index < -0.39 is 0 Å². The van der Waals surface area contributed by atoms with Gasteiger partial charge in [-0.15, -0.1) is 0 Å². The van der Waals surface area contributed by atoms with Gasteiger partial charge in [0.15, 0.2) is 4.90 Å². The van der Waals surface area contributed by atoms with E-state index in [1.807, 2.05) is 12.3 Å². The summed E-state index contributed by atoms with van der Waals surface area (Å²) in [4.78, 5) is 11.4. The van der Waals surface area contributed by atoms with Crippen molar-refractivity contribution in [2.45, 2.75) is 52.4 Å². The maximum atomic E-state index is 12.6. The van der Waals surface area contributed by atoms with Crippen LogP contribution in [0.1, 0.15) is 52.7 Å². The van der Waals surface area contributed by atoms with Gasteiger partial charge in [-0.05, 0) is 98.8 Å². The number of phenols is 1. The van der Waals surface area contributed by atoms with Crippen molar-refractivity contribution in [1.82, 2.24) is 14.5 Å². The summed E-state index contributed by atoms with van der Waals surface area (Å²) in [5, 5.41) is 15.6. The van der Waals surface area contributed by atoms with E-state index in [-0.39, 0.29) is 16.6 Å². The molecule has 0 fully saturated rings. The van der Waals surface area contributed by atoms with Crippen molar-refractivity contribution in [2.75, 3.05) is 0 Å². The lowest BCUT2D eigenvalue weighted by Gasteiger charge is -2.27. The smallest absolute Gasteiger partial charge is 0.190 e. The predicted molar refractivity (Wildman–Crippen MR) is 268 cm³/mol. The van der Waals surface area contributed by atoms with Crippen LogP contribution in [-0.4, -0.2) is 19.6 Å². The normalized spacial score (nSPS) is 12.3. The first-order chi connectivity index (χ1) is 30.9. The molecule has 11 rings (SSSR count). The van der Waals surface area contributed by atoms with Crippen LogP contribution in [0.15, 0.2) is 174 Å². The number of aromatic hydroxyl groups is 1. The summed E-state index contributed by atoms with van der Waals surface area (Å²) in [6.07, 6.45) is 1.89. The Morgan fingerprint density at radius 1 is 0.562 bits per heavy atom. The van der Waals surface area contributed by atoms with E-state index in [0.717, 1.165) is 104 Å². The van der Waals surface area contributed by atoms with Gasteiger partial charge in [0.25, 0.3) is 0 Å². The number of hydrogen-bond donors (Lipinski definition) is 1. The Kier molecular flexibility index (Phi) is 9.23. The summed E-state index contributed by atoms with van der Waals surface area (Å²) >= 11 is 1.65. The predicted octanol–water partition coefficient (Wildman–Crippen LogP) is 16.2. The van der Waals surface area contributed by atoms with Crippen LogP contribution in [0.2, 0.25) is 0 Å². The van der Waals surface area contributed by atoms with Gasteiger partial charge in [-0.1, -0.05) is 162 Å². The van der Waals surface area contributed by atoms with Crippen LogP contribution in [0.25, 0.3) is 104 Å². The van der Waals surface area contributed by atoms with E-state index in [9.17, 15) is 5.11 Å². The fraction of sp³-hybridized carbons (Fsp3) is 0.138. The van der Waals surface area contributed by atoms with Crippen LogP contribution in [0, 0.1) is 0 Å². The topological polar surface area (TPSA) is 64.1 Å². The summed E-state index contributed by atoms with van der Waals surface area (Å²) in [7, 11) is 0. The SMILES string of the molecule is CC(C)(C)c1cc(-c2nc3c4c(ccc3n2-c2ccc(-c3ccccc3)cc2-c2ccccc2)oc2sc3ccc(-c5cc(-c6ccccc6)ccn5)cc3c24)c(O)c(C(C)(C)C)c1. The van der Waals surface area contributed by atoms with Gasteiger partial charge < -0.3 is 9.52 Å². The number of hydrogen-bond acceptors (Lipinski definition) is 5. The van der Waals surface area contributed by atoms with Crippen molar-refractivity contribution in [3.05, 3.63) is 181 Å². The molecule has 0 radical (unpaired) electrons. The summed E-state index contributed by atoms with van der Waals surface area (Å²) in [5.41, 5.74) is 14.2. The molecule has 0 unspecified atom stereocenters. The van der Waals surface area contributed by atoms with Crippen molar-refractivity contribution in [1.29, 1.82) is 0 Å². The fourth-order valence-electron chi connectivity index (χ4n) is 9.12. The van der Waals surface area contributed by atoms with Crippen molar-refractivity contribution in [3.63, 3.8) is 0 Å². The molecule has 312 valence electrons. The van der Waals surface area contributed by atoms with E-state index in [2.05, 4.69) is 204 Å². The first-order valence-corrected chi connectivity index (χ1v) is 22.7. The molecular formula is C58H47N3O2S. The average molecular weight is 850 g/mol. The maximum Gasteiger partial charge on any atom is 0.190 e. The van der Waals surface area contributed by atoms with Gasteiger partial charge in [-0.2, -0.15) is 0 Å². The second-order valence-corrected chi connectivity index (χ2v) is 19.8. The first-order valence-electron chi connectivity index (χ1n) is 21.9. The molecule has 7 aromatic carbocycles. The van der Waals surface area contributed by atoms with Gasteiger partial charge in [0, 0.05) is 38.4 Å². The number of imidazole rings is 1. The molecule has 6 heteroatoms. The summed E-state index contributed by atoms with van der Waals surface area (Å²) in [6, 6.07) is 57.5. The molecule has 1 N–H and O–H groups in total. The third-order valence-corrected chi connectivity index (χ3v) is 13.6. The molecule has 0 bridgehead atoms. The van der Waals surface area contributed by atoms with Crippen molar-refractivity contribution in [2.24, 2.45) is 0 Å². The summed E-state index contributed by atoms with van der Waals surface area (Å²) in [6.45, 7) is 13.2. The molecule has 5 nitrogen and oxygen atoms in total. The molecule has 0 aliphatic carbocycles. The molecule has 4 heterocycles. The zero-order valence-corrected chi connectivity index (χ0v) is 37.6. The Labute approximate surface area is 377 Å². The number of rotatable bonds is 6. The molecule has 0 aliphatic rings. The lowest BCUT2D eigenvalue weighted by molar-refractivity contribution is 0.446. The van der Waals surface area contributed by atoms with Crippen LogP contribution in [0.3, 0.4) is 0 Å². The second kappa shape index (κ2) is 14.9. The molecule has 0 atom stereocenters. The minimum atomic E-state index is -0.337. The third kappa shape index (κ3) is 6.68. The highest BCUT2D eigenvalue weighted by Crippen LogP contribution is 2.48. The van der Waals surface area contributed by atoms with Gasteiger partial charge in [0.05, 0.1) is 27.8 Å². The van der Waals surface area contributed by atoms with E-state index in [0.29, 0.717) is 11.4 Å². The Morgan fingerprint density at radius 2 is 1.22 bits per heavy atom.